The number of rotatable bonds is 10. The number of carbonyl (C=O) groups is 1. The van der Waals surface area contributed by atoms with E-state index in [1.54, 1.807) is 6.08 Å². The van der Waals surface area contributed by atoms with E-state index in [1.807, 2.05) is 36.4 Å². The van der Waals surface area contributed by atoms with E-state index in [1.165, 1.54) is 5.41 Å². The first-order valence-corrected chi connectivity index (χ1v) is 12.4. The monoisotopic (exact) mass is 531 g/mol. The number of nitrogens with one attached hydrogen (secondary N) is 1. The fraction of sp³-hybridized carbons (Fsp3) is 0.476. The number of hydrogen-bond donors (Lipinski definition) is 2. The molecule has 0 spiro atoms. The van der Waals surface area contributed by atoms with Gasteiger partial charge in [0.05, 0.1) is 18.2 Å². The summed E-state index contributed by atoms with van der Waals surface area (Å²) >= 11 is 2.21. The molecule has 2 N–H and O–H groups in total. The lowest BCUT2D eigenvalue weighted by atomic mass is 9.83. The highest BCUT2D eigenvalue weighted by Gasteiger charge is 2.49. The molecule has 2 fully saturated rings. The number of unbranched alkanes of at least 4 members (excludes halogenated alkanes) is 1. The zero-order chi connectivity index (χ0) is 20.9. The van der Waals surface area contributed by atoms with Crippen molar-refractivity contribution in [1.29, 1.82) is 0 Å². The van der Waals surface area contributed by atoms with Crippen molar-refractivity contribution >= 4 is 44.7 Å². The SMILES string of the molecule is O=C(O)CCC/C=C/CC1C2CCC(O2)C1NS(=O)(=O)/C=C/c1ccc(I)cc1. The number of halogens is 1. The maximum atomic E-state index is 12.6. The van der Waals surface area contributed by atoms with Gasteiger partial charge in [-0.05, 0) is 78.5 Å². The molecule has 1 aromatic carbocycles. The molecule has 0 radical (unpaired) electrons. The van der Waals surface area contributed by atoms with E-state index in [-0.39, 0.29) is 30.6 Å². The minimum atomic E-state index is -3.58. The van der Waals surface area contributed by atoms with Gasteiger partial charge in [0.15, 0.2) is 0 Å². The Bertz CT molecular complexity index is 866. The smallest absolute Gasteiger partial charge is 0.303 e. The van der Waals surface area contributed by atoms with Crippen LogP contribution in [0.4, 0.5) is 0 Å². The molecule has 0 aromatic heterocycles. The van der Waals surface area contributed by atoms with Crippen molar-refractivity contribution in [1.82, 2.24) is 4.72 Å². The quantitative estimate of drug-likeness (QED) is 0.271. The summed E-state index contributed by atoms with van der Waals surface area (Å²) in [5, 5.41) is 9.90. The third-order valence-electron chi connectivity index (χ3n) is 5.37. The number of sulfonamides is 1. The number of allylic oxidation sites excluding steroid dienone is 2. The molecule has 4 atom stereocenters. The molecule has 0 amide bonds. The Morgan fingerprint density at radius 3 is 2.66 bits per heavy atom. The minimum Gasteiger partial charge on any atom is -0.481 e. The van der Waals surface area contributed by atoms with Crippen molar-refractivity contribution in [2.45, 2.75) is 56.8 Å². The van der Waals surface area contributed by atoms with E-state index >= 15 is 0 Å². The summed E-state index contributed by atoms with van der Waals surface area (Å²) in [6.07, 6.45) is 9.65. The fourth-order valence-electron chi connectivity index (χ4n) is 3.95. The molecular weight excluding hydrogens is 505 g/mol. The minimum absolute atomic E-state index is 0.0770. The molecule has 8 heteroatoms. The van der Waals surface area contributed by atoms with Gasteiger partial charge in [0.2, 0.25) is 10.0 Å². The predicted molar refractivity (Wildman–Crippen MR) is 121 cm³/mol. The van der Waals surface area contributed by atoms with Crippen LogP contribution in [-0.4, -0.2) is 37.7 Å². The zero-order valence-electron chi connectivity index (χ0n) is 16.0. The van der Waals surface area contributed by atoms with Gasteiger partial charge in [0, 0.05) is 21.3 Å². The Labute approximate surface area is 185 Å². The molecule has 29 heavy (non-hydrogen) atoms. The molecule has 0 saturated carbocycles. The van der Waals surface area contributed by atoms with Gasteiger partial charge in [-0.2, -0.15) is 0 Å². The van der Waals surface area contributed by atoms with E-state index < -0.39 is 16.0 Å². The molecular formula is C21H26INO5S. The molecule has 2 aliphatic heterocycles. The first kappa shape index (κ1) is 22.5. The van der Waals surface area contributed by atoms with Crippen molar-refractivity contribution in [2.24, 2.45) is 5.92 Å². The molecule has 3 rings (SSSR count). The standard InChI is InChI=1S/C21H26INO5S/c22-16-9-7-15(8-10-16)13-14-29(26,27)23-21-17(18-11-12-19(21)28-18)5-3-1-2-4-6-20(24)25/h1,3,7-10,13-14,17-19,21,23H,2,4-6,11-12H2,(H,24,25)/b3-1+,14-13+. The maximum Gasteiger partial charge on any atom is 0.303 e. The average molecular weight is 531 g/mol. The molecule has 2 bridgehead atoms. The summed E-state index contributed by atoms with van der Waals surface area (Å²) in [7, 11) is -3.58. The number of aliphatic carboxylic acids is 1. The highest BCUT2D eigenvalue weighted by molar-refractivity contribution is 14.1. The summed E-state index contributed by atoms with van der Waals surface area (Å²) in [5.41, 5.74) is 0.834. The maximum absolute atomic E-state index is 12.6. The second-order valence-corrected chi connectivity index (χ2v) is 10.3. The third-order valence-corrected chi connectivity index (χ3v) is 7.19. The van der Waals surface area contributed by atoms with E-state index in [0.717, 1.165) is 28.4 Å². The topological polar surface area (TPSA) is 92.7 Å². The lowest BCUT2D eigenvalue weighted by molar-refractivity contribution is -0.137. The van der Waals surface area contributed by atoms with Crippen LogP contribution in [0.15, 0.2) is 41.8 Å². The Balaban J connectivity index is 1.58. The van der Waals surface area contributed by atoms with Crippen LogP contribution in [0.2, 0.25) is 0 Å². The summed E-state index contributed by atoms with van der Waals surface area (Å²) in [6, 6.07) is 7.40. The molecule has 158 valence electrons. The lowest BCUT2D eigenvalue weighted by Crippen LogP contribution is -2.46. The molecule has 2 heterocycles. The summed E-state index contributed by atoms with van der Waals surface area (Å²) in [4.78, 5) is 10.6. The van der Waals surface area contributed by atoms with Crippen LogP contribution in [0.3, 0.4) is 0 Å². The molecule has 1 aromatic rings. The lowest BCUT2D eigenvalue weighted by Gasteiger charge is -2.27. The Kier molecular flexibility index (Phi) is 7.89. The number of carboxylic acids is 1. The van der Waals surface area contributed by atoms with E-state index in [9.17, 15) is 13.2 Å². The highest BCUT2D eigenvalue weighted by Crippen LogP contribution is 2.41. The van der Waals surface area contributed by atoms with Crippen LogP contribution in [0.25, 0.3) is 6.08 Å². The molecule has 2 aliphatic rings. The van der Waals surface area contributed by atoms with Gasteiger partial charge in [0.1, 0.15) is 0 Å². The Morgan fingerprint density at radius 1 is 1.21 bits per heavy atom. The normalized spacial score (nSPS) is 26.7. The van der Waals surface area contributed by atoms with Crippen molar-refractivity contribution in [3.63, 3.8) is 0 Å². The van der Waals surface area contributed by atoms with Gasteiger partial charge >= 0.3 is 5.97 Å². The Hall–Kier alpha value is -1.23. The average Bonchev–Trinajstić information content (AvgIpc) is 3.26. The van der Waals surface area contributed by atoms with Crippen LogP contribution in [0.5, 0.6) is 0 Å². The van der Waals surface area contributed by atoms with Gasteiger partial charge in [-0.25, -0.2) is 13.1 Å². The number of benzene rings is 1. The largest absolute Gasteiger partial charge is 0.481 e. The summed E-state index contributed by atoms with van der Waals surface area (Å²) in [6.45, 7) is 0. The van der Waals surface area contributed by atoms with Crippen molar-refractivity contribution in [3.8, 4) is 0 Å². The summed E-state index contributed by atoms with van der Waals surface area (Å²) < 4.78 is 35.1. The van der Waals surface area contributed by atoms with Crippen LogP contribution < -0.4 is 4.72 Å². The van der Waals surface area contributed by atoms with Crippen molar-refractivity contribution < 1.29 is 23.1 Å². The first-order valence-electron chi connectivity index (χ1n) is 9.82. The van der Waals surface area contributed by atoms with Crippen molar-refractivity contribution in [3.05, 3.63) is 51.0 Å². The predicted octanol–water partition coefficient (Wildman–Crippen LogP) is 3.93. The van der Waals surface area contributed by atoms with Gasteiger partial charge in [-0.3, -0.25) is 4.79 Å². The number of hydrogen-bond acceptors (Lipinski definition) is 4. The highest BCUT2D eigenvalue weighted by atomic mass is 127. The number of ether oxygens (including phenoxy) is 1. The van der Waals surface area contributed by atoms with E-state index in [2.05, 4.69) is 27.3 Å². The zero-order valence-corrected chi connectivity index (χ0v) is 19.0. The van der Waals surface area contributed by atoms with Crippen molar-refractivity contribution in [2.75, 3.05) is 0 Å². The van der Waals surface area contributed by atoms with Gasteiger partial charge in [-0.15, -0.1) is 0 Å². The van der Waals surface area contributed by atoms with E-state index in [0.29, 0.717) is 12.8 Å². The van der Waals surface area contributed by atoms with Crippen LogP contribution in [-0.2, 0) is 19.6 Å². The van der Waals surface area contributed by atoms with Crippen LogP contribution in [0.1, 0.15) is 44.1 Å². The second kappa shape index (κ2) is 10.2. The number of carboxylic acid groups (broad SMARTS) is 1. The summed E-state index contributed by atoms with van der Waals surface area (Å²) in [5.74, 6) is -0.682. The molecule has 0 aliphatic carbocycles. The molecule has 6 nitrogen and oxygen atoms in total. The number of fused-ring (bicyclic) bond motifs is 2. The van der Waals surface area contributed by atoms with Gasteiger partial charge in [0.25, 0.3) is 0 Å². The van der Waals surface area contributed by atoms with E-state index in [4.69, 9.17) is 9.84 Å². The molecule has 2 saturated heterocycles. The Morgan fingerprint density at radius 2 is 1.93 bits per heavy atom. The van der Waals surface area contributed by atoms with Crippen LogP contribution in [0, 0.1) is 9.49 Å². The van der Waals surface area contributed by atoms with Gasteiger partial charge in [-0.1, -0.05) is 24.3 Å². The fourth-order valence-corrected chi connectivity index (χ4v) is 5.43. The molecule has 4 unspecified atom stereocenters. The second-order valence-electron chi connectivity index (χ2n) is 7.49. The first-order chi connectivity index (χ1) is 13.8. The van der Waals surface area contributed by atoms with Gasteiger partial charge < -0.3 is 9.84 Å². The third kappa shape index (κ3) is 6.63. The van der Waals surface area contributed by atoms with Crippen LogP contribution >= 0.6 is 22.6 Å².